The molecule has 8 nitrogen and oxygen atoms in total. The second-order valence-electron chi connectivity index (χ2n) is 7.00. The van der Waals surface area contributed by atoms with Crippen molar-refractivity contribution in [2.24, 2.45) is 7.05 Å². The minimum Gasteiger partial charge on any atom is -0.383 e. The number of carbonyl (C=O) groups excluding carboxylic acids is 1. The first-order valence-corrected chi connectivity index (χ1v) is 10.1. The molecule has 0 bridgehead atoms. The number of fused-ring (bicyclic) bond motifs is 3. The normalized spacial score (nSPS) is 13.5. The highest BCUT2D eigenvalue weighted by Crippen LogP contribution is 2.36. The molecule has 0 aliphatic carbocycles. The Morgan fingerprint density at radius 3 is 2.79 bits per heavy atom. The van der Waals surface area contributed by atoms with Gasteiger partial charge in [0, 0.05) is 42.0 Å². The summed E-state index contributed by atoms with van der Waals surface area (Å²) in [6.45, 7) is 1.22. The maximum absolute atomic E-state index is 13.0. The van der Waals surface area contributed by atoms with E-state index in [1.807, 2.05) is 48.5 Å². The number of aromatic nitrogens is 4. The molecule has 0 fully saturated rings. The van der Waals surface area contributed by atoms with E-state index in [1.165, 1.54) is 11.9 Å². The fraction of sp³-hybridized carbons (Fsp3) is 0.200. The van der Waals surface area contributed by atoms with Crippen LogP contribution >= 0.6 is 11.3 Å². The Bertz CT molecular complexity index is 1210. The van der Waals surface area contributed by atoms with E-state index in [9.17, 15) is 4.79 Å². The summed E-state index contributed by atoms with van der Waals surface area (Å²) in [7, 11) is 1.87. The van der Waals surface area contributed by atoms with Gasteiger partial charge in [-0.25, -0.2) is 9.97 Å². The molecule has 1 amide bonds. The number of nitrogens with two attached hydrogens (primary N) is 1. The SMILES string of the molecule is Cn1ccc(Nc2ccc(C(=O)N3CCc4c(sc5ncnc(N)c45)C3)cc2)n1. The van der Waals surface area contributed by atoms with Crippen LogP contribution in [0.3, 0.4) is 0 Å². The molecular formula is C20H19N7OS. The van der Waals surface area contributed by atoms with Crippen molar-refractivity contribution in [2.75, 3.05) is 17.6 Å². The van der Waals surface area contributed by atoms with Crippen LogP contribution in [0.25, 0.3) is 10.2 Å². The summed E-state index contributed by atoms with van der Waals surface area (Å²) in [5, 5.41) is 8.47. The topological polar surface area (TPSA) is 102 Å². The summed E-state index contributed by atoms with van der Waals surface area (Å²) < 4.78 is 1.73. The van der Waals surface area contributed by atoms with Gasteiger partial charge in [-0.15, -0.1) is 11.3 Å². The summed E-state index contributed by atoms with van der Waals surface area (Å²) in [6, 6.07) is 9.38. The Morgan fingerprint density at radius 1 is 1.21 bits per heavy atom. The molecule has 1 aliphatic heterocycles. The average Bonchev–Trinajstić information content (AvgIpc) is 3.31. The summed E-state index contributed by atoms with van der Waals surface area (Å²) in [5.41, 5.74) is 8.78. The Hall–Kier alpha value is -3.46. The van der Waals surface area contributed by atoms with Crippen LogP contribution in [0.1, 0.15) is 20.8 Å². The monoisotopic (exact) mass is 405 g/mol. The third kappa shape index (κ3) is 3.19. The molecule has 4 heterocycles. The van der Waals surface area contributed by atoms with Gasteiger partial charge < -0.3 is 16.0 Å². The molecule has 0 radical (unpaired) electrons. The second-order valence-corrected chi connectivity index (χ2v) is 8.08. The third-order valence-corrected chi connectivity index (χ3v) is 6.20. The van der Waals surface area contributed by atoms with Crippen LogP contribution in [0.5, 0.6) is 0 Å². The quantitative estimate of drug-likeness (QED) is 0.543. The van der Waals surface area contributed by atoms with Crippen molar-refractivity contribution in [1.29, 1.82) is 0 Å². The number of benzene rings is 1. The number of hydrogen-bond acceptors (Lipinski definition) is 7. The van der Waals surface area contributed by atoms with Gasteiger partial charge in [0.05, 0.1) is 11.9 Å². The first-order valence-electron chi connectivity index (χ1n) is 9.25. The van der Waals surface area contributed by atoms with Gasteiger partial charge in [-0.3, -0.25) is 9.48 Å². The zero-order valence-electron chi connectivity index (χ0n) is 15.8. The molecule has 3 N–H and O–H groups in total. The van der Waals surface area contributed by atoms with E-state index >= 15 is 0 Å². The Labute approximate surface area is 171 Å². The van der Waals surface area contributed by atoms with Gasteiger partial charge in [0.2, 0.25) is 0 Å². The highest BCUT2D eigenvalue weighted by molar-refractivity contribution is 7.19. The number of anilines is 3. The van der Waals surface area contributed by atoms with Crippen LogP contribution in [0.4, 0.5) is 17.3 Å². The molecule has 1 aromatic carbocycles. The molecule has 146 valence electrons. The van der Waals surface area contributed by atoms with Crippen molar-refractivity contribution < 1.29 is 4.79 Å². The highest BCUT2D eigenvalue weighted by atomic mass is 32.1. The summed E-state index contributed by atoms with van der Waals surface area (Å²) in [6.07, 6.45) is 4.12. The standard InChI is InChI=1S/C20H19N7OS/c1-26-8-7-16(25-26)24-13-4-2-12(3-5-13)20(28)27-9-6-14-15(10-27)29-19-17(14)18(21)22-11-23-19/h2-5,7-8,11H,6,9-10H2,1H3,(H,24,25)(H2,21,22,23). The van der Waals surface area contributed by atoms with E-state index in [2.05, 4.69) is 20.4 Å². The predicted molar refractivity (Wildman–Crippen MR) is 113 cm³/mol. The number of rotatable bonds is 3. The first kappa shape index (κ1) is 17.6. The van der Waals surface area contributed by atoms with Gasteiger partial charge in [-0.05, 0) is 36.2 Å². The van der Waals surface area contributed by atoms with Gasteiger partial charge in [0.25, 0.3) is 5.91 Å². The molecule has 0 spiro atoms. The van der Waals surface area contributed by atoms with Crippen LogP contribution in [0.15, 0.2) is 42.9 Å². The highest BCUT2D eigenvalue weighted by Gasteiger charge is 2.26. The third-order valence-electron chi connectivity index (χ3n) is 5.07. The fourth-order valence-electron chi connectivity index (χ4n) is 3.63. The minimum atomic E-state index is 0.0246. The Kier molecular flexibility index (Phi) is 4.17. The van der Waals surface area contributed by atoms with Gasteiger partial charge in [0.15, 0.2) is 5.82 Å². The van der Waals surface area contributed by atoms with Gasteiger partial charge >= 0.3 is 0 Å². The smallest absolute Gasteiger partial charge is 0.254 e. The number of thiophene rings is 1. The lowest BCUT2D eigenvalue weighted by Crippen LogP contribution is -2.35. The van der Waals surface area contributed by atoms with Crippen molar-refractivity contribution in [2.45, 2.75) is 13.0 Å². The second kappa shape index (κ2) is 6.85. The summed E-state index contributed by atoms with van der Waals surface area (Å²) in [5.74, 6) is 1.31. The largest absolute Gasteiger partial charge is 0.383 e. The zero-order valence-corrected chi connectivity index (χ0v) is 16.6. The zero-order chi connectivity index (χ0) is 20.0. The predicted octanol–water partition coefficient (Wildman–Crippen LogP) is 2.95. The fourth-order valence-corrected chi connectivity index (χ4v) is 4.84. The van der Waals surface area contributed by atoms with E-state index < -0.39 is 0 Å². The van der Waals surface area contributed by atoms with Gasteiger partial charge in [-0.2, -0.15) is 5.10 Å². The molecular weight excluding hydrogens is 386 g/mol. The molecule has 1 aliphatic rings. The van der Waals surface area contributed by atoms with Gasteiger partial charge in [-0.1, -0.05) is 0 Å². The molecule has 0 unspecified atom stereocenters. The first-order chi connectivity index (χ1) is 14.1. The van der Waals surface area contributed by atoms with Crippen LogP contribution in [-0.2, 0) is 20.0 Å². The Morgan fingerprint density at radius 2 is 2.03 bits per heavy atom. The lowest BCUT2D eigenvalue weighted by Gasteiger charge is -2.27. The molecule has 3 aromatic heterocycles. The number of nitrogens with zero attached hydrogens (tertiary/aromatic N) is 5. The van der Waals surface area contributed by atoms with E-state index in [4.69, 9.17) is 5.73 Å². The lowest BCUT2D eigenvalue weighted by molar-refractivity contribution is 0.0737. The van der Waals surface area contributed by atoms with Crippen molar-refractivity contribution in [3.63, 3.8) is 0 Å². The molecule has 5 rings (SSSR count). The molecule has 0 saturated carbocycles. The maximum atomic E-state index is 13.0. The molecule has 0 atom stereocenters. The van der Waals surface area contributed by atoms with Crippen molar-refractivity contribution >= 4 is 44.8 Å². The summed E-state index contributed by atoms with van der Waals surface area (Å²) in [4.78, 5) is 25.4. The number of amides is 1. The lowest BCUT2D eigenvalue weighted by atomic mass is 10.0. The number of nitrogen functional groups attached to an aromatic ring is 1. The van der Waals surface area contributed by atoms with E-state index in [0.717, 1.165) is 33.0 Å². The van der Waals surface area contributed by atoms with Crippen molar-refractivity contribution in [3.05, 3.63) is 58.9 Å². The van der Waals surface area contributed by atoms with Crippen LogP contribution in [0, 0.1) is 0 Å². The molecule has 9 heteroatoms. The Balaban J connectivity index is 1.33. The number of hydrogen-bond donors (Lipinski definition) is 2. The van der Waals surface area contributed by atoms with Crippen molar-refractivity contribution in [3.8, 4) is 0 Å². The number of carbonyl (C=O) groups is 1. The minimum absolute atomic E-state index is 0.0246. The van der Waals surface area contributed by atoms with Crippen LogP contribution in [-0.4, -0.2) is 37.1 Å². The molecule has 0 saturated heterocycles. The molecule has 29 heavy (non-hydrogen) atoms. The van der Waals surface area contributed by atoms with E-state index in [-0.39, 0.29) is 5.91 Å². The van der Waals surface area contributed by atoms with E-state index in [1.54, 1.807) is 16.0 Å². The average molecular weight is 405 g/mol. The van der Waals surface area contributed by atoms with Crippen molar-refractivity contribution in [1.82, 2.24) is 24.6 Å². The van der Waals surface area contributed by atoms with Gasteiger partial charge in [0.1, 0.15) is 17.0 Å². The maximum Gasteiger partial charge on any atom is 0.254 e. The van der Waals surface area contributed by atoms with Crippen LogP contribution < -0.4 is 11.1 Å². The number of aryl methyl sites for hydroxylation is 1. The number of nitrogens with one attached hydrogen (secondary N) is 1. The van der Waals surface area contributed by atoms with E-state index in [0.29, 0.717) is 24.5 Å². The van der Waals surface area contributed by atoms with Crippen LogP contribution in [0.2, 0.25) is 0 Å². The summed E-state index contributed by atoms with van der Waals surface area (Å²) >= 11 is 1.59. The molecule has 4 aromatic rings.